The van der Waals surface area contributed by atoms with Gasteiger partial charge in [-0.25, -0.2) is 0 Å². The summed E-state index contributed by atoms with van der Waals surface area (Å²) in [4.78, 5) is 12.0. The SMILES string of the molecule is C=C(C)c1ccc(C(CCO)[C@@]2(O)CC[C@H]3[C@@H]4CCC5=CC(=O)CCC5=C4CC[C@@]32C)cc1. The third kappa shape index (κ3) is 3.51. The number of benzene rings is 1. The quantitative estimate of drug-likeness (QED) is 0.573. The van der Waals surface area contributed by atoms with Gasteiger partial charge in [0.1, 0.15) is 0 Å². The van der Waals surface area contributed by atoms with E-state index in [9.17, 15) is 15.0 Å². The number of carbonyl (C=O) groups is 1. The largest absolute Gasteiger partial charge is 0.396 e. The van der Waals surface area contributed by atoms with Crippen molar-refractivity contribution in [2.24, 2.45) is 17.3 Å². The van der Waals surface area contributed by atoms with Gasteiger partial charge in [0.2, 0.25) is 0 Å². The van der Waals surface area contributed by atoms with Crippen molar-refractivity contribution >= 4 is 11.4 Å². The van der Waals surface area contributed by atoms with Crippen molar-refractivity contribution in [1.82, 2.24) is 0 Å². The molecular formula is C30H38O3. The molecule has 1 aromatic carbocycles. The number of carbonyl (C=O) groups excluding carboxylic acids is 1. The highest BCUT2D eigenvalue weighted by Crippen LogP contribution is 2.66. The molecule has 3 heteroatoms. The summed E-state index contributed by atoms with van der Waals surface area (Å²) in [7, 11) is 0. The fraction of sp³-hybridized carbons (Fsp3) is 0.567. The van der Waals surface area contributed by atoms with Crippen molar-refractivity contribution in [2.45, 2.75) is 83.2 Å². The van der Waals surface area contributed by atoms with E-state index >= 15 is 0 Å². The van der Waals surface area contributed by atoms with Gasteiger partial charge in [0.15, 0.2) is 5.78 Å². The molecular weight excluding hydrogens is 408 g/mol. The second-order valence-corrected chi connectivity index (χ2v) is 11.2. The van der Waals surface area contributed by atoms with Crippen molar-refractivity contribution in [3.05, 3.63) is 64.8 Å². The molecule has 3 nitrogen and oxygen atoms in total. The van der Waals surface area contributed by atoms with Crippen LogP contribution >= 0.6 is 0 Å². The Morgan fingerprint density at radius 1 is 1.12 bits per heavy atom. The lowest BCUT2D eigenvalue weighted by Crippen LogP contribution is -2.53. The lowest BCUT2D eigenvalue weighted by atomic mass is 9.52. The standard InChI is InChI=1S/C30H38O3/c1-19(2)20-4-6-21(7-5-20)27(14-17-31)30(33)16-13-28-26-10-8-22-18-23(32)9-11-24(22)25(26)12-15-29(28,30)3/h4-7,18,26-28,31,33H,1,8-17H2,2-3H3/t26-,27?,28+,29+,30+/m1/s1. The zero-order chi connectivity index (χ0) is 23.4. The molecule has 176 valence electrons. The highest BCUT2D eigenvalue weighted by molar-refractivity contribution is 5.93. The molecule has 4 aliphatic carbocycles. The van der Waals surface area contributed by atoms with Crippen LogP contribution < -0.4 is 0 Å². The van der Waals surface area contributed by atoms with E-state index in [4.69, 9.17) is 0 Å². The first-order chi connectivity index (χ1) is 15.8. The Morgan fingerprint density at radius 2 is 1.88 bits per heavy atom. The van der Waals surface area contributed by atoms with Gasteiger partial charge in [0, 0.05) is 24.4 Å². The summed E-state index contributed by atoms with van der Waals surface area (Å²) in [6.45, 7) is 8.47. The van der Waals surface area contributed by atoms with Gasteiger partial charge in [0.05, 0.1) is 5.60 Å². The summed E-state index contributed by atoms with van der Waals surface area (Å²) in [6.07, 6.45) is 10.0. The molecule has 1 aromatic rings. The van der Waals surface area contributed by atoms with Crippen molar-refractivity contribution in [2.75, 3.05) is 6.61 Å². The van der Waals surface area contributed by atoms with E-state index in [0.717, 1.165) is 61.6 Å². The van der Waals surface area contributed by atoms with E-state index in [0.29, 0.717) is 24.7 Å². The average Bonchev–Trinajstić information content (AvgIpc) is 3.08. The van der Waals surface area contributed by atoms with Crippen LogP contribution in [0.25, 0.3) is 5.57 Å². The number of hydrogen-bond acceptors (Lipinski definition) is 3. The fourth-order valence-corrected chi connectivity index (χ4v) is 7.97. The zero-order valence-corrected chi connectivity index (χ0v) is 20.2. The molecule has 2 fully saturated rings. The maximum Gasteiger partial charge on any atom is 0.156 e. The van der Waals surface area contributed by atoms with E-state index in [1.807, 2.05) is 13.0 Å². The Morgan fingerprint density at radius 3 is 2.58 bits per heavy atom. The molecule has 5 rings (SSSR count). The minimum Gasteiger partial charge on any atom is -0.396 e. The van der Waals surface area contributed by atoms with Crippen LogP contribution in [0.2, 0.25) is 0 Å². The van der Waals surface area contributed by atoms with Gasteiger partial charge < -0.3 is 10.2 Å². The van der Waals surface area contributed by atoms with Crippen molar-refractivity contribution < 1.29 is 15.0 Å². The topological polar surface area (TPSA) is 57.5 Å². The molecule has 0 bridgehead atoms. The fourth-order valence-electron chi connectivity index (χ4n) is 7.97. The molecule has 33 heavy (non-hydrogen) atoms. The van der Waals surface area contributed by atoms with Gasteiger partial charge in [-0.1, -0.05) is 48.9 Å². The van der Waals surface area contributed by atoms with Crippen LogP contribution in [0.4, 0.5) is 0 Å². The van der Waals surface area contributed by atoms with Crippen LogP contribution in [0.15, 0.2) is 53.6 Å². The van der Waals surface area contributed by atoms with E-state index in [1.165, 1.54) is 11.1 Å². The van der Waals surface area contributed by atoms with Crippen LogP contribution in [-0.4, -0.2) is 28.2 Å². The number of hydrogen-bond donors (Lipinski definition) is 2. The van der Waals surface area contributed by atoms with Crippen LogP contribution in [0, 0.1) is 17.3 Å². The Labute approximate surface area is 198 Å². The molecule has 1 unspecified atom stereocenters. The number of aliphatic hydroxyl groups is 2. The Hall–Kier alpha value is -1.97. The van der Waals surface area contributed by atoms with E-state index < -0.39 is 5.60 Å². The van der Waals surface area contributed by atoms with E-state index in [1.54, 1.807) is 5.57 Å². The molecule has 0 spiro atoms. The maximum atomic E-state index is 12.4. The summed E-state index contributed by atoms with van der Waals surface area (Å²) in [5.74, 6) is 1.21. The third-order valence-corrected chi connectivity index (χ3v) is 9.75. The highest BCUT2D eigenvalue weighted by Gasteiger charge is 2.63. The molecule has 0 aliphatic heterocycles. The van der Waals surface area contributed by atoms with E-state index in [-0.39, 0.29) is 23.7 Å². The predicted molar refractivity (Wildman–Crippen MR) is 133 cm³/mol. The molecule has 0 amide bonds. The molecule has 0 heterocycles. The summed E-state index contributed by atoms with van der Waals surface area (Å²) in [5.41, 5.74) is 6.67. The zero-order valence-electron chi connectivity index (χ0n) is 20.2. The number of aliphatic hydroxyl groups excluding tert-OH is 1. The minimum atomic E-state index is -0.819. The molecule has 5 atom stereocenters. The lowest BCUT2D eigenvalue weighted by Gasteiger charge is -2.54. The summed E-state index contributed by atoms with van der Waals surface area (Å²) in [5, 5.41) is 22.4. The minimum absolute atomic E-state index is 0.0720. The summed E-state index contributed by atoms with van der Waals surface area (Å²) >= 11 is 0. The van der Waals surface area contributed by atoms with Crippen molar-refractivity contribution in [1.29, 1.82) is 0 Å². The predicted octanol–water partition coefficient (Wildman–Crippen LogP) is 6.12. The first-order valence-corrected chi connectivity index (χ1v) is 12.8. The van der Waals surface area contributed by atoms with Gasteiger partial charge in [-0.05, 0) is 98.5 Å². The molecule has 4 aliphatic rings. The summed E-state index contributed by atoms with van der Waals surface area (Å²) in [6, 6.07) is 8.46. The normalized spacial score (nSPS) is 34.3. The molecule has 0 radical (unpaired) electrons. The molecule has 0 saturated heterocycles. The van der Waals surface area contributed by atoms with Gasteiger partial charge in [-0.3, -0.25) is 4.79 Å². The van der Waals surface area contributed by atoms with Crippen molar-refractivity contribution in [3.63, 3.8) is 0 Å². The number of ketones is 1. The smallest absolute Gasteiger partial charge is 0.156 e. The van der Waals surface area contributed by atoms with Crippen LogP contribution in [-0.2, 0) is 4.79 Å². The first-order valence-electron chi connectivity index (χ1n) is 12.8. The molecule has 2 saturated carbocycles. The second kappa shape index (κ2) is 8.36. The number of rotatable bonds is 5. The highest BCUT2D eigenvalue weighted by atomic mass is 16.3. The maximum absolute atomic E-state index is 12.4. The monoisotopic (exact) mass is 446 g/mol. The Kier molecular flexibility index (Phi) is 5.77. The number of fused-ring (bicyclic) bond motifs is 4. The summed E-state index contributed by atoms with van der Waals surface area (Å²) < 4.78 is 0. The first kappa shape index (κ1) is 22.8. The van der Waals surface area contributed by atoms with Crippen molar-refractivity contribution in [3.8, 4) is 0 Å². The van der Waals surface area contributed by atoms with E-state index in [2.05, 4.69) is 37.8 Å². The Bertz CT molecular complexity index is 1030. The average molecular weight is 447 g/mol. The van der Waals surface area contributed by atoms with Crippen LogP contribution in [0.5, 0.6) is 0 Å². The number of allylic oxidation sites excluding steroid dienone is 5. The molecule has 0 aromatic heterocycles. The van der Waals surface area contributed by atoms with Crippen LogP contribution in [0.3, 0.4) is 0 Å². The van der Waals surface area contributed by atoms with Gasteiger partial charge >= 0.3 is 0 Å². The third-order valence-electron chi connectivity index (χ3n) is 9.75. The van der Waals surface area contributed by atoms with Gasteiger partial charge in [-0.2, -0.15) is 0 Å². The molecule has 2 N–H and O–H groups in total. The Balaban J connectivity index is 1.49. The second-order valence-electron chi connectivity index (χ2n) is 11.2. The van der Waals surface area contributed by atoms with Gasteiger partial charge in [0.25, 0.3) is 0 Å². The lowest BCUT2D eigenvalue weighted by molar-refractivity contribution is -0.115. The van der Waals surface area contributed by atoms with Gasteiger partial charge in [-0.15, -0.1) is 0 Å². The van der Waals surface area contributed by atoms with Crippen LogP contribution in [0.1, 0.15) is 88.7 Å².